The molecule has 152 valence electrons. The van der Waals surface area contributed by atoms with Crippen LogP contribution in [0, 0.1) is 5.92 Å². The number of nitrogens with one attached hydrogen (secondary N) is 1. The minimum atomic E-state index is -0.883. The fraction of sp³-hybridized carbons (Fsp3) is 0.381. The highest BCUT2D eigenvalue weighted by atomic mass is 35.5. The molecule has 0 aliphatic heterocycles. The van der Waals surface area contributed by atoms with Gasteiger partial charge in [-0.3, -0.25) is 4.79 Å². The number of carboxylic acid groups (broad SMARTS) is 1. The standard InChI is InChI=1S/C21H25Cl2NO4/c1-4-27-18-10-14(11-24-19(13(2)3)21(25)26)9-17(23)20(18)28-12-15-7-5-6-8-16(15)22/h5-10,13,19,24H,4,11-12H2,1-3H3,(H,25,26). The second-order valence-corrected chi connectivity index (χ2v) is 7.47. The maximum atomic E-state index is 11.4. The number of benzene rings is 2. The zero-order valence-electron chi connectivity index (χ0n) is 16.2. The van der Waals surface area contributed by atoms with Crippen LogP contribution in [0.15, 0.2) is 36.4 Å². The van der Waals surface area contributed by atoms with Gasteiger partial charge in [-0.2, -0.15) is 0 Å². The van der Waals surface area contributed by atoms with Crippen molar-refractivity contribution < 1.29 is 19.4 Å². The van der Waals surface area contributed by atoms with Gasteiger partial charge in [-0.25, -0.2) is 0 Å². The molecule has 0 saturated carbocycles. The second kappa shape index (κ2) is 10.6. The highest BCUT2D eigenvalue weighted by Crippen LogP contribution is 2.37. The lowest BCUT2D eigenvalue weighted by molar-refractivity contribution is -0.140. The molecule has 0 spiro atoms. The van der Waals surface area contributed by atoms with Crippen molar-refractivity contribution in [1.82, 2.24) is 5.32 Å². The van der Waals surface area contributed by atoms with Crippen LogP contribution in [0.5, 0.6) is 11.5 Å². The van der Waals surface area contributed by atoms with Crippen molar-refractivity contribution in [2.24, 2.45) is 5.92 Å². The van der Waals surface area contributed by atoms with E-state index in [1.807, 2.05) is 45.0 Å². The average Bonchev–Trinajstić information content (AvgIpc) is 2.62. The average molecular weight is 426 g/mol. The largest absolute Gasteiger partial charge is 0.490 e. The van der Waals surface area contributed by atoms with Gasteiger partial charge in [0.25, 0.3) is 0 Å². The van der Waals surface area contributed by atoms with Gasteiger partial charge in [0.05, 0.1) is 11.6 Å². The minimum absolute atomic E-state index is 0.0439. The summed E-state index contributed by atoms with van der Waals surface area (Å²) in [5.74, 6) is 0.0180. The molecule has 28 heavy (non-hydrogen) atoms. The summed E-state index contributed by atoms with van der Waals surface area (Å²) < 4.78 is 11.6. The lowest BCUT2D eigenvalue weighted by Crippen LogP contribution is -2.40. The van der Waals surface area contributed by atoms with Gasteiger partial charge in [-0.05, 0) is 36.6 Å². The van der Waals surface area contributed by atoms with Crippen molar-refractivity contribution in [3.8, 4) is 11.5 Å². The molecule has 0 aromatic heterocycles. The van der Waals surface area contributed by atoms with Gasteiger partial charge < -0.3 is 19.9 Å². The Morgan fingerprint density at radius 1 is 1.14 bits per heavy atom. The maximum Gasteiger partial charge on any atom is 0.320 e. The molecule has 0 amide bonds. The van der Waals surface area contributed by atoms with E-state index in [0.29, 0.717) is 34.7 Å². The molecule has 0 bridgehead atoms. The molecule has 7 heteroatoms. The first-order chi connectivity index (χ1) is 13.3. The Bertz CT molecular complexity index is 811. The van der Waals surface area contributed by atoms with E-state index >= 15 is 0 Å². The van der Waals surface area contributed by atoms with Crippen LogP contribution in [-0.2, 0) is 17.9 Å². The first-order valence-corrected chi connectivity index (χ1v) is 9.86. The van der Waals surface area contributed by atoms with Crippen LogP contribution in [-0.4, -0.2) is 23.7 Å². The number of hydrogen-bond donors (Lipinski definition) is 2. The van der Waals surface area contributed by atoms with Crippen LogP contribution >= 0.6 is 23.2 Å². The Kier molecular flexibility index (Phi) is 8.42. The van der Waals surface area contributed by atoms with Gasteiger partial charge in [-0.1, -0.05) is 55.2 Å². The number of carboxylic acids is 1. The molecule has 2 N–H and O–H groups in total. The third kappa shape index (κ3) is 6.03. The van der Waals surface area contributed by atoms with E-state index in [4.69, 9.17) is 32.7 Å². The summed E-state index contributed by atoms with van der Waals surface area (Å²) in [6.45, 7) is 6.63. The molecule has 0 heterocycles. The smallest absolute Gasteiger partial charge is 0.320 e. The highest BCUT2D eigenvalue weighted by molar-refractivity contribution is 6.32. The minimum Gasteiger partial charge on any atom is -0.490 e. The van der Waals surface area contributed by atoms with E-state index in [2.05, 4.69) is 5.32 Å². The van der Waals surface area contributed by atoms with E-state index in [1.165, 1.54) is 0 Å². The SMILES string of the molecule is CCOc1cc(CNC(C(=O)O)C(C)C)cc(Cl)c1OCc1ccccc1Cl. The lowest BCUT2D eigenvalue weighted by atomic mass is 10.0. The van der Waals surface area contributed by atoms with Crippen LogP contribution in [0.25, 0.3) is 0 Å². The van der Waals surface area contributed by atoms with Gasteiger partial charge in [-0.15, -0.1) is 0 Å². The molecule has 1 atom stereocenters. The number of rotatable bonds is 10. The fourth-order valence-corrected chi connectivity index (χ4v) is 3.21. The summed E-state index contributed by atoms with van der Waals surface area (Å²) in [4.78, 5) is 11.4. The molecule has 1 unspecified atom stereocenters. The predicted molar refractivity (Wildman–Crippen MR) is 112 cm³/mol. The van der Waals surface area contributed by atoms with Crippen molar-refractivity contribution in [3.05, 3.63) is 57.6 Å². The summed E-state index contributed by atoms with van der Waals surface area (Å²) >= 11 is 12.6. The second-order valence-electron chi connectivity index (χ2n) is 6.66. The molecule has 5 nitrogen and oxygen atoms in total. The van der Waals surface area contributed by atoms with E-state index < -0.39 is 12.0 Å². The number of hydrogen-bond acceptors (Lipinski definition) is 4. The van der Waals surface area contributed by atoms with Crippen LogP contribution in [0.4, 0.5) is 0 Å². The lowest BCUT2D eigenvalue weighted by Gasteiger charge is -2.19. The molecule has 2 aromatic carbocycles. The molecule has 0 fully saturated rings. The molecule has 0 aliphatic carbocycles. The van der Waals surface area contributed by atoms with Crippen molar-refractivity contribution in [3.63, 3.8) is 0 Å². The molecule has 2 aromatic rings. The van der Waals surface area contributed by atoms with Gasteiger partial charge in [0, 0.05) is 17.1 Å². The third-order valence-corrected chi connectivity index (χ3v) is 4.81. The van der Waals surface area contributed by atoms with Gasteiger partial charge in [0.1, 0.15) is 12.6 Å². The number of aliphatic carboxylic acids is 1. The molecule has 2 rings (SSSR count). The Morgan fingerprint density at radius 2 is 1.86 bits per heavy atom. The zero-order chi connectivity index (χ0) is 20.7. The molecule has 0 saturated heterocycles. The Hall–Kier alpha value is -1.95. The molecular weight excluding hydrogens is 401 g/mol. The highest BCUT2D eigenvalue weighted by Gasteiger charge is 2.21. The number of ether oxygens (including phenoxy) is 2. The van der Waals surface area contributed by atoms with Crippen LogP contribution in [0.2, 0.25) is 10.0 Å². The summed E-state index contributed by atoms with van der Waals surface area (Å²) in [6.07, 6.45) is 0. The Morgan fingerprint density at radius 3 is 2.46 bits per heavy atom. The fourth-order valence-electron chi connectivity index (χ4n) is 2.73. The quantitative estimate of drug-likeness (QED) is 0.549. The third-order valence-electron chi connectivity index (χ3n) is 4.16. The van der Waals surface area contributed by atoms with E-state index in [0.717, 1.165) is 11.1 Å². The van der Waals surface area contributed by atoms with Crippen molar-refractivity contribution >= 4 is 29.2 Å². The Balaban J connectivity index is 2.18. The number of halogens is 2. The predicted octanol–water partition coefficient (Wildman–Crippen LogP) is 5.17. The van der Waals surface area contributed by atoms with Gasteiger partial charge in [0.2, 0.25) is 0 Å². The summed E-state index contributed by atoms with van der Waals surface area (Å²) in [5, 5.41) is 13.4. The summed E-state index contributed by atoms with van der Waals surface area (Å²) in [7, 11) is 0. The van der Waals surface area contributed by atoms with Crippen molar-refractivity contribution in [1.29, 1.82) is 0 Å². The van der Waals surface area contributed by atoms with Crippen molar-refractivity contribution in [2.75, 3.05) is 6.61 Å². The van der Waals surface area contributed by atoms with E-state index in [-0.39, 0.29) is 12.5 Å². The zero-order valence-corrected chi connectivity index (χ0v) is 17.7. The number of carbonyl (C=O) groups is 1. The van der Waals surface area contributed by atoms with E-state index in [1.54, 1.807) is 12.1 Å². The van der Waals surface area contributed by atoms with Crippen LogP contribution in [0.3, 0.4) is 0 Å². The topological polar surface area (TPSA) is 67.8 Å². The molecular formula is C21H25Cl2NO4. The molecule has 0 radical (unpaired) electrons. The van der Waals surface area contributed by atoms with E-state index in [9.17, 15) is 9.90 Å². The first kappa shape index (κ1) is 22.3. The van der Waals surface area contributed by atoms with Crippen LogP contribution < -0.4 is 14.8 Å². The normalized spacial score (nSPS) is 12.1. The van der Waals surface area contributed by atoms with Crippen LogP contribution in [0.1, 0.15) is 31.9 Å². The van der Waals surface area contributed by atoms with Gasteiger partial charge in [0.15, 0.2) is 11.5 Å². The summed E-state index contributed by atoms with van der Waals surface area (Å²) in [6, 6.07) is 10.3. The Labute approximate surface area is 175 Å². The monoisotopic (exact) mass is 425 g/mol. The summed E-state index contributed by atoms with van der Waals surface area (Å²) in [5.41, 5.74) is 1.65. The first-order valence-electron chi connectivity index (χ1n) is 9.11. The van der Waals surface area contributed by atoms with Crippen molar-refractivity contribution in [2.45, 2.75) is 40.0 Å². The molecule has 0 aliphatic rings. The van der Waals surface area contributed by atoms with Gasteiger partial charge >= 0.3 is 5.97 Å². The maximum absolute atomic E-state index is 11.4.